The number of benzene rings is 1. The highest BCUT2D eigenvalue weighted by Crippen LogP contribution is 2.22. The van der Waals surface area contributed by atoms with Gasteiger partial charge in [-0.25, -0.2) is 8.42 Å². The van der Waals surface area contributed by atoms with E-state index in [1.807, 2.05) is 0 Å². The van der Waals surface area contributed by atoms with Crippen molar-refractivity contribution in [2.75, 3.05) is 23.9 Å². The molecule has 0 aromatic heterocycles. The molecule has 0 atom stereocenters. The van der Waals surface area contributed by atoms with Crippen LogP contribution in [0.25, 0.3) is 0 Å². The average molecular weight is 242 g/mol. The van der Waals surface area contributed by atoms with Crippen molar-refractivity contribution in [1.82, 2.24) is 0 Å². The third kappa shape index (κ3) is 3.41. The first-order valence-corrected chi connectivity index (χ1v) is 7.03. The van der Waals surface area contributed by atoms with E-state index in [0.717, 1.165) is 12.2 Å². The second-order valence-corrected chi connectivity index (χ2v) is 6.31. The number of hydrogen-bond acceptors (Lipinski definition) is 4. The van der Waals surface area contributed by atoms with Gasteiger partial charge in [0.05, 0.1) is 16.3 Å². The highest BCUT2D eigenvalue weighted by molar-refractivity contribution is 7.90. The van der Waals surface area contributed by atoms with Crippen LogP contribution in [0.1, 0.15) is 13.8 Å². The SMILES string of the molecule is CC(C)CNc1ccc(S(C)(=O)=O)cc1N. The first kappa shape index (κ1) is 12.8. The molecule has 0 fully saturated rings. The number of nitrogen functional groups attached to an aromatic ring is 1. The Kier molecular flexibility index (Phi) is 3.80. The topological polar surface area (TPSA) is 72.2 Å². The van der Waals surface area contributed by atoms with Gasteiger partial charge in [0, 0.05) is 12.8 Å². The molecule has 0 bridgehead atoms. The van der Waals surface area contributed by atoms with Gasteiger partial charge in [-0.2, -0.15) is 0 Å². The number of rotatable bonds is 4. The Hall–Kier alpha value is -1.23. The van der Waals surface area contributed by atoms with Crippen LogP contribution in [0, 0.1) is 5.92 Å². The molecular formula is C11H18N2O2S. The molecule has 0 radical (unpaired) electrons. The second-order valence-electron chi connectivity index (χ2n) is 4.30. The van der Waals surface area contributed by atoms with Crippen LogP contribution in [0.2, 0.25) is 0 Å². The number of sulfone groups is 1. The predicted molar refractivity (Wildman–Crippen MR) is 67.3 cm³/mol. The van der Waals surface area contributed by atoms with Crippen LogP contribution in [0.3, 0.4) is 0 Å². The van der Waals surface area contributed by atoms with E-state index in [9.17, 15) is 8.42 Å². The maximum atomic E-state index is 11.3. The molecule has 16 heavy (non-hydrogen) atoms. The standard InChI is InChI=1S/C11H18N2O2S/c1-8(2)7-13-11-5-4-9(6-10(11)12)16(3,14)15/h4-6,8,13H,7,12H2,1-3H3. The van der Waals surface area contributed by atoms with Gasteiger partial charge in [-0.15, -0.1) is 0 Å². The van der Waals surface area contributed by atoms with Gasteiger partial charge in [-0.1, -0.05) is 13.8 Å². The Labute approximate surface area is 96.8 Å². The van der Waals surface area contributed by atoms with E-state index in [1.165, 1.54) is 12.3 Å². The van der Waals surface area contributed by atoms with E-state index in [-0.39, 0.29) is 4.90 Å². The molecule has 0 spiro atoms. The van der Waals surface area contributed by atoms with Crippen molar-refractivity contribution in [2.24, 2.45) is 5.92 Å². The van der Waals surface area contributed by atoms with Gasteiger partial charge in [0.15, 0.2) is 9.84 Å². The molecule has 0 saturated heterocycles. The van der Waals surface area contributed by atoms with Crippen LogP contribution in [0.4, 0.5) is 11.4 Å². The highest BCUT2D eigenvalue weighted by atomic mass is 32.2. The highest BCUT2D eigenvalue weighted by Gasteiger charge is 2.09. The Morgan fingerprint density at radius 2 is 2.00 bits per heavy atom. The molecule has 4 nitrogen and oxygen atoms in total. The summed E-state index contributed by atoms with van der Waals surface area (Å²) >= 11 is 0. The molecule has 3 N–H and O–H groups in total. The minimum Gasteiger partial charge on any atom is -0.397 e. The van der Waals surface area contributed by atoms with Crippen LogP contribution in [0.15, 0.2) is 23.1 Å². The number of anilines is 2. The third-order valence-corrected chi connectivity index (χ3v) is 3.26. The molecule has 1 aromatic rings. The summed E-state index contributed by atoms with van der Waals surface area (Å²) in [6.45, 7) is 4.99. The first-order chi connectivity index (χ1) is 7.30. The summed E-state index contributed by atoms with van der Waals surface area (Å²) < 4.78 is 22.6. The van der Waals surface area contributed by atoms with Crippen LogP contribution < -0.4 is 11.1 Å². The lowest BCUT2D eigenvalue weighted by Crippen LogP contribution is -2.10. The zero-order chi connectivity index (χ0) is 12.3. The summed E-state index contributed by atoms with van der Waals surface area (Å²) in [6.07, 6.45) is 1.17. The second kappa shape index (κ2) is 4.74. The van der Waals surface area contributed by atoms with E-state index < -0.39 is 9.84 Å². The maximum absolute atomic E-state index is 11.3. The van der Waals surface area contributed by atoms with Crippen molar-refractivity contribution < 1.29 is 8.42 Å². The lowest BCUT2D eigenvalue weighted by molar-refractivity contribution is 0.602. The van der Waals surface area contributed by atoms with Gasteiger partial charge in [0.1, 0.15) is 0 Å². The van der Waals surface area contributed by atoms with E-state index in [0.29, 0.717) is 11.6 Å². The van der Waals surface area contributed by atoms with Crippen molar-refractivity contribution in [3.05, 3.63) is 18.2 Å². The molecule has 0 heterocycles. The van der Waals surface area contributed by atoms with E-state index in [2.05, 4.69) is 19.2 Å². The van der Waals surface area contributed by atoms with Gasteiger partial charge < -0.3 is 11.1 Å². The Balaban J connectivity index is 2.92. The fraction of sp³-hybridized carbons (Fsp3) is 0.455. The summed E-state index contributed by atoms with van der Waals surface area (Å²) in [6, 6.07) is 4.75. The Morgan fingerprint density at radius 1 is 1.38 bits per heavy atom. The van der Waals surface area contributed by atoms with Crippen molar-refractivity contribution in [3.8, 4) is 0 Å². The number of nitrogens with one attached hydrogen (secondary N) is 1. The lowest BCUT2D eigenvalue weighted by Gasteiger charge is -2.12. The smallest absolute Gasteiger partial charge is 0.175 e. The van der Waals surface area contributed by atoms with Crippen LogP contribution in [-0.2, 0) is 9.84 Å². The van der Waals surface area contributed by atoms with Crippen LogP contribution >= 0.6 is 0 Å². The molecule has 90 valence electrons. The summed E-state index contributed by atoms with van der Waals surface area (Å²) in [5, 5.41) is 3.17. The zero-order valence-corrected chi connectivity index (χ0v) is 10.6. The maximum Gasteiger partial charge on any atom is 0.175 e. The molecule has 0 aliphatic heterocycles. The molecule has 5 heteroatoms. The van der Waals surface area contributed by atoms with E-state index >= 15 is 0 Å². The van der Waals surface area contributed by atoms with Gasteiger partial charge in [-0.3, -0.25) is 0 Å². The Bertz CT molecular complexity index is 467. The quantitative estimate of drug-likeness (QED) is 0.789. The third-order valence-electron chi connectivity index (χ3n) is 2.15. The first-order valence-electron chi connectivity index (χ1n) is 5.14. The van der Waals surface area contributed by atoms with Crippen LogP contribution in [-0.4, -0.2) is 21.2 Å². The van der Waals surface area contributed by atoms with Crippen molar-refractivity contribution >= 4 is 21.2 Å². The molecule has 1 aromatic carbocycles. The van der Waals surface area contributed by atoms with Gasteiger partial charge >= 0.3 is 0 Å². The Morgan fingerprint density at radius 3 is 2.44 bits per heavy atom. The molecule has 1 rings (SSSR count). The monoisotopic (exact) mass is 242 g/mol. The predicted octanol–water partition coefficient (Wildman–Crippen LogP) is 1.74. The zero-order valence-electron chi connectivity index (χ0n) is 9.82. The lowest BCUT2D eigenvalue weighted by atomic mass is 10.2. The summed E-state index contributed by atoms with van der Waals surface area (Å²) in [7, 11) is -3.18. The number of hydrogen-bond donors (Lipinski definition) is 2. The van der Waals surface area contributed by atoms with Gasteiger partial charge in [0.25, 0.3) is 0 Å². The van der Waals surface area contributed by atoms with E-state index in [4.69, 9.17) is 5.73 Å². The molecule has 0 saturated carbocycles. The van der Waals surface area contributed by atoms with Gasteiger partial charge in [-0.05, 0) is 24.1 Å². The van der Waals surface area contributed by atoms with E-state index in [1.54, 1.807) is 12.1 Å². The molecule has 0 unspecified atom stereocenters. The molecular weight excluding hydrogens is 224 g/mol. The number of nitrogens with two attached hydrogens (primary N) is 1. The minimum absolute atomic E-state index is 0.250. The molecule has 0 aliphatic carbocycles. The summed E-state index contributed by atoms with van der Waals surface area (Å²) in [5.41, 5.74) is 7.02. The fourth-order valence-electron chi connectivity index (χ4n) is 1.25. The molecule has 0 amide bonds. The minimum atomic E-state index is -3.18. The van der Waals surface area contributed by atoms with Crippen LogP contribution in [0.5, 0.6) is 0 Å². The van der Waals surface area contributed by atoms with Crippen molar-refractivity contribution in [1.29, 1.82) is 0 Å². The summed E-state index contributed by atoms with van der Waals surface area (Å²) in [5.74, 6) is 0.508. The largest absolute Gasteiger partial charge is 0.397 e. The van der Waals surface area contributed by atoms with Crippen molar-refractivity contribution in [2.45, 2.75) is 18.7 Å². The molecule has 0 aliphatic rings. The normalized spacial score (nSPS) is 11.8. The van der Waals surface area contributed by atoms with Gasteiger partial charge in [0.2, 0.25) is 0 Å². The summed E-state index contributed by atoms with van der Waals surface area (Å²) in [4.78, 5) is 0.250. The average Bonchev–Trinajstić information content (AvgIpc) is 2.14. The fourth-order valence-corrected chi connectivity index (χ4v) is 1.90. The van der Waals surface area contributed by atoms with Crippen molar-refractivity contribution in [3.63, 3.8) is 0 Å².